The molecule has 11 heteroatoms. The number of pyridine rings is 1. The van der Waals surface area contributed by atoms with E-state index in [9.17, 15) is 27.5 Å². The van der Waals surface area contributed by atoms with E-state index in [0.29, 0.717) is 29.1 Å². The number of carboxylic acids is 1. The number of hydrogen-bond acceptors (Lipinski definition) is 5. The second-order valence-electron chi connectivity index (χ2n) is 7.78. The van der Waals surface area contributed by atoms with E-state index in [0.717, 1.165) is 23.8 Å². The number of halogens is 4. The van der Waals surface area contributed by atoms with E-state index in [4.69, 9.17) is 0 Å². The lowest BCUT2D eigenvalue weighted by molar-refractivity contribution is -0.274. The average Bonchev–Trinajstić information content (AvgIpc) is 3.17. The lowest BCUT2D eigenvalue weighted by Gasteiger charge is -2.16. The average molecular weight is 500 g/mol. The molecular formula is C25H20F4N4O3. The van der Waals surface area contributed by atoms with Gasteiger partial charge in [-0.05, 0) is 60.9 Å². The van der Waals surface area contributed by atoms with Crippen molar-refractivity contribution in [1.29, 1.82) is 0 Å². The molecule has 0 bridgehead atoms. The van der Waals surface area contributed by atoms with E-state index < -0.39 is 29.5 Å². The van der Waals surface area contributed by atoms with Crippen LogP contribution in [0.5, 0.6) is 5.75 Å². The van der Waals surface area contributed by atoms with E-state index in [1.54, 1.807) is 18.3 Å². The Balaban J connectivity index is 1.94. The fourth-order valence-corrected chi connectivity index (χ4v) is 3.76. The van der Waals surface area contributed by atoms with Gasteiger partial charge in [0.15, 0.2) is 5.82 Å². The number of hydrogen-bond donors (Lipinski definition) is 2. The third-order valence-electron chi connectivity index (χ3n) is 5.30. The molecule has 0 saturated carbocycles. The zero-order chi connectivity index (χ0) is 26.0. The summed E-state index contributed by atoms with van der Waals surface area (Å²) in [6, 6.07) is 12.3. The van der Waals surface area contributed by atoms with Crippen molar-refractivity contribution in [3.05, 3.63) is 83.4 Å². The van der Waals surface area contributed by atoms with Crippen LogP contribution in [0, 0.1) is 12.7 Å². The van der Waals surface area contributed by atoms with Crippen LogP contribution in [0.3, 0.4) is 0 Å². The molecule has 2 aromatic heterocycles. The zero-order valence-electron chi connectivity index (χ0n) is 19.1. The van der Waals surface area contributed by atoms with Gasteiger partial charge in [0.25, 0.3) is 0 Å². The third-order valence-corrected chi connectivity index (χ3v) is 5.30. The van der Waals surface area contributed by atoms with Gasteiger partial charge in [-0.3, -0.25) is 0 Å². The third kappa shape index (κ3) is 5.14. The van der Waals surface area contributed by atoms with Crippen molar-refractivity contribution < 1.29 is 32.2 Å². The van der Waals surface area contributed by atoms with E-state index >= 15 is 0 Å². The number of aryl methyl sites for hydroxylation is 2. The fourth-order valence-electron chi connectivity index (χ4n) is 3.76. The molecule has 0 fully saturated rings. The highest BCUT2D eigenvalue weighted by Gasteiger charge is 2.32. The molecule has 0 atom stereocenters. The van der Waals surface area contributed by atoms with Crippen LogP contribution < -0.4 is 10.1 Å². The van der Waals surface area contributed by atoms with E-state index in [2.05, 4.69) is 20.1 Å². The summed E-state index contributed by atoms with van der Waals surface area (Å²) in [7, 11) is 0. The van der Waals surface area contributed by atoms with E-state index in [-0.39, 0.29) is 11.5 Å². The summed E-state index contributed by atoms with van der Waals surface area (Å²) in [4.78, 5) is 16.3. The maximum atomic E-state index is 14.1. The fraction of sp³-hybridized carbons (Fsp3) is 0.160. The van der Waals surface area contributed by atoms with Crippen LogP contribution in [0.25, 0.3) is 16.9 Å². The topological polar surface area (TPSA) is 89.3 Å². The van der Waals surface area contributed by atoms with Gasteiger partial charge >= 0.3 is 12.3 Å². The first-order chi connectivity index (χ1) is 17.1. The number of nitrogens with one attached hydrogen (secondary N) is 1. The number of carbonyl (C=O) groups is 1. The van der Waals surface area contributed by atoms with Crippen LogP contribution in [0.4, 0.5) is 29.1 Å². The molecular weight excluding hydrogens is 480 g/mol. The van der Waals surface area contributed by atoms with Crippen molar-refractivity contribution >= 4 is 17.5 Å². The molecule has 36 heavy (non-hydrogen) atoms. The predicted molar refractivity (Wildman–Crippen MR) is 124 cm³/mol. The van der Waals surface area contributed by atoms with Crippen molar-refractivity contribution in [2.75, 3.05) is 5.32 Å². The van der Waals surface area contributed by atoms with E-state index in [1.165, 1.54) is 22.9 Å². The molecule has 7 nitrogen and oxygen atoms in total. The number of rotatable bonds is 7. The summed E-state index contributed by atoms with van der Waals surface area (Å²) >= 11 is 0. The Morgan fingerprint density at radius 1 is 1.14 bits per heavy atom. The number of aromatic carboxylic acids is 1. The second-order valence-corrected chi connectivity index (χ2v) is 7.78. The van der Waals surface area contributed by atoms with Gasteiger partial charge in [-0.15, -0.1) is 13.2 Å². The van der Waals surface area contributed by atoms with Gasteiger partial charge in [0.05, 0.1) is 16.9 Å². The van der Waals surface area contributed by atoms with Crippen LogP contribution in [0.2, 0.25) is 0 Å². The Bertz CT molecular complexity index is 1430. The maximum Gasteiger partial charge on any atom is 0.573 e. The molecule has 0 unspecified atom stereocenters. The maximum absolute atomic E-state index is 14.1. The molecule has 0 spiro atoms. The Labute approximate surface area is 203 Å². The SMILES string of the molecule is CCc1nn(-c2ncccc2C)c(Nc2ccc(OC(F)(F)F)cc2C(=O)O)c1-c1cccc(F)c1. The van der Waals surface area contributed by atoms with Gasteiger partial charge in [0.1, 0.15) is 17.4 Å². The monoisotopic (exact) mass is 500 g/mol. The lowest BCUT2D eigenvalue weighted by atomic mass is 10.0. The number of ether oxygens (including phenoxy) is 1. The summed E-state index contributed by atoms with van der Waals surface area (Å²) in [5, 5.41) is 17.4. The highest BCUT2D eigenvalue weighted by Crippen LogP contribution is 2.38. The Morgan fingerprint density at radius 2 is 1.92 bits per heavy atom. The van der Waals surface area contributed by atoms with Crippen LogP contribution >= 0.6 is 0 Å². The molecule has 4 aromatic rings. The number of benzene rings is 2. The van der Waals surface area contributed by atoms with Crippen molar-refractivity contribution in [1.82, 2.24) is 14.8 Å². The molecule has 2 aromatic carbocycles. The highest BCUT2D eigenvalue weighted by atomic mass is 19.4. The molecule has 0 amide bonds. The van der Waals surface area contributed by atoms with Crippen LogP contribution in [-0.2, 0) is 6.42 Å². The minimum absolute atomic E-state index is 0.0212. The number of aromatic nitrogens is 3. The lowest BCUT2D eigenvalue weighted by Crippen LogP contribution is -2.17. The molecule has 0 saturated heterocycles. The van der Waals surface area contributed by atoms with Crippen LogP contribution in [0.15, 0.2) is 60.8 Å². The summed E-state index contributed by atoms with van der Waals surface area (Å²) < 4.78 is 57.5. The zero-order valence-corrected chi connectivity index (χ0v) is 19.1. The molecule has 0 aliphatic carbocycles. The van der Waals surface area contributed by atoms with Crippen LogP contribution in [-0.4, -0.2) is 32.2 Å². The Morgan fingerprint density at radius 3 is 2.56 bits per heavy atom. The molecule has 2 heterocycles. The van der Waals surface area contributed by atoms with Crippen molar-refractivity contribution in [2.24, 2.45) is 0 Å². The molecule has 2 N–H and O–H groups in total. The minimum Gasteiger partial charge on any atom is -0.478 e. The van der Waals surface area contributed by atoms with Crippen LogP contribution in [0.1, 0.15) is 28.5 Å². The summed E-state index contributed by atoms with van der Waals surface area (Å²) in [5.74, 6) is -1.94. The predicted octanol–water partition coefficient (Wildman–Crippen LogP) is 6.28. The number of carboxylic acid groups (broad SMARTS) is 1. The summed E-state index contributed by atoms with van der Waals surface area (Å²) in [6.45, 7) is 3.67. The molecule has 0 radical (unpaired) electrons. The standard InChI is InChI=1S/C25H20F4N4O3/c1-3-19-21(15-7-4-8-16(26)12-15)23(33(32-19)22-14(2)6-5-11-30-22)31-20-10-9-17(36-25(27,28)29)13-18(20)24(34)35/h4-13,31H,3H2,1-2H3,(H,34,35). The van der Waals surface area contributed by atoms with Gasteiger partial charge in [0, 0.05) is 11.8 Å². The van der Waals surface area contributed by atoms with Crippen molar-refractivity contribution in [3.8, 4) is 22.7 Å². The Kier molecular flexibility index (Phi) is 6.65. The highest BCUT2D eigenvalue weighted by molar-refractivity contribution is 5.96. The van der Waals surface area contributed by atoms with E-state index in [1.807, 2.05) is 19.9 Å². The number of alkyl halides is 3. The second kappa shape index (κ2) is 9.68. The van der Waals surface area contributed by atoms with Gasteiger partial charge in [-0.25, -0.2) is 14.2 Å². The number of anilines is 2. The first-order valence-corrected chi connectivity index (χ1v) is 10.8. The molecule has 0 aliphatic rings. The van der Waals surface area contributed by atoms with Crippen molar-refractivity contribution in [2.45, 2.75) is 26.6 Å². The first-order valence-electron chi connectivity index (χ1n) is 10.8. The van der Waals surface area contributed by atoms with Gasteiger partial charge in [-0.1, -0.05) is 25.1 Å². The van der Waals surface area contributed by atoms with Gasteiger partial charge in [0.2, 0.25) is 0 Å². The summed E-state index contributed by atoms with van der Waals surface area (Å²) in [5.41, 5.74) is 1.81. The van der Waals surface area contributed by atoms with Gasteiger partial charge in [-0.2, -0.15) is 9.78 Å². The molecule has 186 valence electrons. The quantitative estimate of drug-likeness (QED) is 0.290. The normalized spacial score (nSPS) is 11.4. The molecule has 0 aliphatic heterocycles. The number of nitrogens with zero attached hydrogens (tertiary/aromatic N) is 3. The minimum atomic E-state index is -4.99. The largest absolute Gasteiger partial charge is 0.573 e. The molecule has 4 rings (SSSR count). The smallest absolute Gasteiger partial charge is 0.478 e. The Hall–Kier alpha value is -4.41. The summed E-state index contributed by atoms with van der Waals surface area (Å²) in [6.07, 6.45) is -2.98. The first kappa shape index (κ1) is 24.7. The van der Waals surface area contributed by atoms with Gasteiger partial charge < -0.3 is 15.2 Å². The van der Waals surface area contributed by atoms with Crippen molar-refractivity contribution in [3.63, 3.8) is 0 Å².